The van der Waals surface area contributed by atoms with Crippen LogP contribution in [-0.2, 0) is 2.14 Å². The van der Waals surface area contributed by atoms with E-state index in [1.807, 2.05) is 0 Å². The summed E-state index contributed by atoms with van der Waals surface area (Å²) in [6.45, 7) is 4.17. The summed E-state index contributed by atoms with van der Waals surface area (Å²) in [6.07, 6.45) is 0. The van der Waals surface area contributed by atoms with Gasteiger partial charge in [0.2, 0.25) is 0 Å². The molecule has 0 heterocycles. The number of halogens is 4. The highest BCUT2D eigenvalue weighted by Gasteiger charge is 2.24. The zero-order valence-corrected chi connectivity index (χ0v) is 13.5. The molecule has 0 saturated carbocycles. The fourth-order valence-electron chi connectivity index (χ4n) is 1.16. The second-order valence-electron chi connectivity index (χ2n) is 2.94. The molecule has 0 bridgehead atoms. The summed E-state index contributed by atoms with van der Waals surface area (Å²) < 4.78 is 0.770. The maximum atomic E-state index is 3.56. The Morgan fingerprint density at radius 3 is 2.08 bits per heavy atom. The number of rotatable bonds is 0. The van der Waals surface area contributed by atoms with E-state index in [0.717, 1.165) is 10.0 Å². The average molecular weight is 436 g/mol. The van der Waals surface area contributed by atoms with E-state index in [1.165, 1.54) is 11.1 Å². The van der Waals surface area contributed by atoms with Crippen molar-refractivity contribution in [1.29, 1.82) is 0 Å². The maximum Gasteiger partial charge on any atom is 0.160 e. The first-order chi connectivity index (χ1) is 5.82. The molecule has 0 aliphatic heterocycles. The minimum Gasteiger partial charge on any atom is -0.0552 e. The van der Waals surface area contributed by atoms with Gasteiger partial charge < -0.3 is 0 Å². The summed E-state index contributed by atoms with van der Waals surface area (Å²) in [5, 5.41) is 0. The van der Waals surface area contributed by atoms with Gasteiger partial charge in [0.05, 0.1) is 0 Å². The molecule has 0 N–H and O–H groups in total. The zero-order chi connectivity index (χ0) is 10.2. The molecular weight excluding hydrogens is 428 g/mol. The van der Waals surface area contributed by atoms with Gasteiger partial charge in [0.15, 0.2) is 2.14 Å². The molecule has 0 unspecified atom stereocenters. The zero-order valence-electron chi connectivity index (χ0n) is 7.17. The Balaban J connectivity index is 3.37. The largest absolute Gasteiger partial charge is 0.160 e. The third-order valence-electron chi connectivity index (χ3n) is 1.70. The third kappa shape index (κ3) is 3.05. The minimum atomic E-state index is -0.345. The predicted octanol–water partition coefficient (Wildman–Crippen LogP) is 5.36. The molecular formula is C9H8Br4. The lowest BCUT2D eigenvalue weighted by atomic mass is 10.1. The van der Waals surface area contributed by atoms with Crippen LogP contribution in [0.15, 0.2) is 16.6 Å². The van der Waals surface area contributed by atoms with Gasteiger partial charge in [0.1, 0.15) is 0 Å². The first-order valence-electron chi connectivity index (χ1n) is 3.66. The summed E-state index contributed by atoms with van der Waals surface area (Å²) in [4.78, 5) is 0. The number of aryl methyl sites for hydroxylation is 2. The highest BCUT2D eigenvalue weighted by atomic mass is 80.0. The highest BCUT2D eigenvalue weighted by molar-refractivity contribution is 9.38. The van der Waals surface area contributed by atoms with Crippen molar-refractivity contribution < 1.29 is 0 Å². The van der Waals surface area contributed by atoms with Crippen LogP contribution in [0.5, 0.6) is 0 Å². The molecule has 0 saturated heterocycles. The summed E-state index contributed by atoms with van der Waals surface area (Å²) in [6, 6.07) is 4.27. The maximum absolute atomic E-state index is 3.56. The molecule has 13 heavy (non-hydrogen) atoms. The molecule has 1 rings (SSSR count). The normalized spacial score (nSPS) is 11.8. The van der Waals surface area contributed by atoms with E-state index in [2.05, 4.69) is 89.7 Å². The minimum absolute atomic E-state index is 0.345. The Hall–Kier alpha value is 1.14. The Bertz CT molecular complexity index is 325. The van der Waals surface area contributed by atoms with Crippen LogP contribution in [0.2, 0.25) is 0 Å². The van der Waals surface area contributed by atoms with Crippen molar-refractivity contribution >= 4 is 63.7 Å². The Kier molecular flexibility index (Phi) is 4.07. The highest BCUT2D eigenvalue weighted by Crippen LogP contribution is 2.48. The van der Waals surface area contributed by atoms with Gasteiger partial charge in [0, 0.05) is 10.0 Å². The van der Waals surface area contributed by atoms with Gasteiger partial charge in [-0.15, -0.1) is 0 Å². The van der Waals surface area contributed by atoms with Crippen LogP contribution in [0, 0.1) is 13.8 Å². The quantitative estimate of drug-likeness (QED) is 0.481. The Labute approximate surface area is 112 Å². The van der Waals surface area contributed by atoms with E-state index in [1.54, 1.807) is 0 Å². The lowest BCUT2D eigenvalue weighted by Crippen LogP contribution is -2.01. The molecule has 0 nitrogen and oxygen atoms in total. The van der Waals surface area contributed by atoms with Crippen LogP contribution < -0.4 is 0 Å². The monoisotopic (exact) mass is 432 g/mol. The van der Waals surface area contributed by atoms with Crippen molar-refractivity contribution in [3.63, 3.8) is 0 Å². The second-order valence-corrected chi connectivity index (χ2v) is 10.5. The van der Waals surface area contributed by atoms with Crippen molar-refractivity contribution in [2.24, 2.45) is 0 Å². The van der Waals surface area contributed by atoms with Crippen LogP contribution >= 0.6 is 63.7 Å². The van der Waals surface area contributed by atoms with E-state index < -0.39 is 0 Å². The Morgan fingerprint density at radius 1 is 1.08 bits per heavy atom. The molecule has 1 aromatic rings. The Morgan fingerprint density at radius 2 is 1.62 bits per heavy atom. The molecule has 72 valence electrons. The molecule has 0 aliphatic rings. The van der Waals surface area contributed by atoms with Crippen molar-refractivity contribution in [3.05, 3.63) is 33.3 Å². The van der Waals surface area contributed by atoms with E-state index in [0.29, 0.717) is 0 Å². The summed E-state index contributed by atoms with van der Waals surface area (Å²) >= 11 is 14.1. The van der Waals surface area contributed by atoms with Crippen LogP contribution in [0.4, 0.5) is 0 Å². The van der Waals surface area contributed by atoms with E-state index in [4.69, 9.17) is 0 Å². The molecule has 0 spiro atoms. The molecule has 4 heteroatoms. The van der Waals surface area contributed by atoms with Crippen LogP contribution in [0.1, 0.15) is 16.7 Å². The number of hydrogen-bond donors (Lipinski definition) is 0. The van der Waals surface area contributed by atoms with Gasteiger partial charge in [0.25, 0.3) is 0 Å². The van der Waals surface area contributed by atoms with E-state index in [9.17, 15) is 0 Å². The van der Waals surface area contributed by atoms with Crippen molar-refractivity contribution in [2.75, 3.05) is 0 Å². The first kappa shape index (κ1) is 12.2. The smallest absolute Gasteiger partial charge is 0.0552 e. The van der Waals surface area contributed by atoms with Gasteiger partial charge in [-0.2, -0.15) is 0 Å². The summed E-state index contributed by atoms with van der Waals surface area (Å²) in [7, 11) is 0. The molecule has 0 aromatic heterocycles. The van der Waals surface area contributed by atoms with Gasteiger partial charge in [-0.3, -0.25) is 0 Å². The van der Waals surface area contributed by atoms with Crippen LogP contribution in [-0.4, -0.2) is 0 Å². The van der Waals surface area contributed by atoms with Gasteiger partial charge in [-0.1, -0.05) is 81.4 Å². The van der Waals surface area contributed by atoms with E-state index in [-0.39, 0.29) is 2.14 Å². The van der Waals surface area contributed by atoms with Crippen molar-refractivity contribution in [3.8, 4) is 0 Å². The summed E-state index contributed by atoms with van der Waals surface area (Å²) in [5.41, 5.74) is 3.63. The summed E-state index contributed by atoms with van der Waals surface area (Å²) in [5.74, 6) is 0. The predicted molar refractivity (Wildman–Crippen MR) is 72.1 cm³/mol. The second kappa shape index (κ2) is 4.33. The lowest BCUT2D eigenvalue weighted by Gasteiger charge is -2.17. The standard InChI is InChI=1S/C9H8Br4/c1-5-3-6(2)8(10)7(4-5)9(11,12)13/h3-4H,1-2H3. The average Bonchev–Trinajstić information content (AvgIpc) is 1.94. The van der Waals surface area contributed by atoms with Gasteiger partial charge in [-0.05, 0) is 19.4 Å². The van der Waals surface area contributed by atoms with Crippen LogP contribution in [0.3, 0.4) is 0 Å². The lowest BCUT2D eigenvalue weighted by molar-refractivity contribution is 1.25. The SMILES string of the molecule is Cc1cc(C)c(Br)c(C(Br)(Br)Br)c1. The first-order valence-corrected chi connectivity index (χ1v) is 6.83. The molecule has 0 fully saturated rings. The fourth-order valence-corrected chi connectivity index (χ4v) is 3.42. The molecule has 0 amide bonds. The third-order valence-corrected chi connectivity index (χ3v) is 4.04. The molecule has 1 aromatic carbocycles. The van der Waals surface area contributed by atoms with Crippen LogP contribution in [0.25, 0.3) is 0 Å². The van der Waals surface area contributed by atoms with E-state index >= 15 is 0 Å². The number of hydrogen-bond acceptors (Lipinski definition) is 0. The number of alkyl halides is 3. The fraction of sp³-hybridized carbons (Fsp3) is 0.333. The molecule has 0 radical (unpaired) electrons. The van der Waals surface area contributed by atoms with Crippen molar-refractivity contribution in [1.82, 2.24) is 0 Å². The molecule has 0 atom stereocenters. The van der Waals surface area contributed by atoms with Crippen molar-refractivity contribution in [2.45, 2.75) is 16.0 Å². The topological polar surface area (TPSA) is 0 Å². The van der Waals surface area contributed by atoms with Gasteiger partial charge in [-0.25, -0.2) is 0 Å². The van der Waals surface area contributed by atoms with Gasteiger partial charge >= 0.3 is 0 Å². The molecule has 0 aliphatic carbocycles. The number of benzene rings is 1.